The van der Waals surface area contributed by atoms with E-state index in [1.807, 2.05) is 12.1 Å². The minimum absolute atomic E-state index is 0.181. The number of piperazine rings is 1. The number of amides is 2. The zero-order valence-electron chi connectivity index (χ0n) is 14.1. The number of carbonyl (C=O) groups excluding carboxylic acids is 1. The number of methoxy groups -OCH3 is 1. The molecule has 138 valence electrons. The molecule has 0 bridgehead atoms. The van der Waals surface area contributed by atoms with Gasteiger partial charge in [0.2, 0.25) is 0 Å². The minimum Gasteiger partial charge on any atom is -0.495 e. The molecule has 1 heterocycles. The molecule has 5 nitrogen and oxygen atoms in total. The molecule has 0 radical (unpaired) electrons. The normalized spacial score (nSPS) is 14.3. The van der Waals surface area contributed by atoms with Crippen LogP contribution in [-0.4, -0.2) is 44.2 Å². The summed E-state index contributed by atoms with van der Waals surface area (Å²) in [4.78, 5) is 16.5. The van der Waals surface area contributed by atoms with E-state index in [2.05, 4.69) is 10.2 Å². The Labute approximate surface area is 167 Å². The lowest BCUT2D eigenvalue weighted by Gasteiger charge is -2.36. The highest BCUT2D eigenvalue weighted by Crippen LogP contribution is 2.29. The Hall–Kier alpha value is -1.82. The standard InChI is InChI=1S/C18H18Cl3N3O2/c1-26-17-5-2-12(19)10-16(17)22-18(25)24-8-6-23(7-9-24)13-3-4-14(20)15(21)11-13/h2-5,10-11H,6-9H2,1H3,(H,22,25). The fourth-order valence-corrected chi connectivity index (χ4v) is 3.29. The van der Waals surface area contributed by atoms with E-state index in [1.165, 1.54) is 0 Å². The summed E-state index contributed by atoms with van der Waals surface area (Å²) in [7, 11) is 1.55. The van der Waals surface area contributed by atoms with Crippen LogP contribution in [0.3, 0.4) is 0 Å². The fourth-order valence-electron chi connectivity index (χ4n) is 2.82. The van der Waals surface area contributed by atoms with Gasteiger partial charge in [-0.05, 0) is 36.4 Å². The molecule has 2 amide bonds. The van der Waals surface area contributed by atoms with Gasteiger partial charge in [0.1, 0.15) is 5.75 Å². The zero-order chi connectivity index (χ0) is 18.7. The zero-order valence-corrected chi connectivity index (χ0v) is 16.4. The van der Waals surface area contributed by atoms with Crippen LogP contribution in [0.4, 0.5) is 16.2 Å². The molecular weight excluding hydrogens is 397 g/mol. The molecule has 1 fully saturated rings. The highest BCUT2D eigenvalue weighted by atomic mass is 35.5. The molecule has 26 heavy (non-hydrogen) atoms. The lowest BCUT2D eigenvalue weighted by molar-refractivity contribution is 0.208. The Bertz CT molecular complexity index is 808. The monoisotopic (exact) mass is 413 g/mol. The van der Waals surface area contributed by atoms with Crippen LogP contribution >= 0.6 is 34.8 Å². The van der Waals surface area contributed by atoms with Crippen molar-refractivity contribution in [2.75, 3.05) is 43.5 Å². The predicted molar refractivity (Wildman–Crippen MR) is 107 cm³/mol. The first-order valence-electron chi connectivity index (χ1n) is 8.07. The van der Waals surface area contributed by atoms with E-state index in [0.717, 1.165) is 5.69 Å². The van der Waals surface area contributed by atoms with Crippen molar-refractivity contribution < 1.29 is 9.53 Å². The number of hydrogen-bond donors (Lipinski definition) is 1. The molecule has 3 rings (SSSR count). The summed E-state index contributed by atoms with van der Waals surface area (Å²) in [5.74, 6) is 0.567. The van der Waals surface area contributed by atoms with Crippen LogP contribution in [0.1, 0.15) is 0 Å². The summed E-state index contributed by atoms with van der Waals surface area (Å²) in [6.45, 7) is 2.60. The van der Waals surface area contributed by atoms with E-state index in [0.29, 0.717) is 52.7 Å². The maximum Gasteiger partial charge on any atom is 0.322 e. The first-order chi connectivity index (χ1) is 12.5. The molecule has 0 aromatic heterocycles. The van der Waals surface area contributed by atoms with E-state index < -0.39 is 0 Å². The number of benzene rings is 2. The second-order valence-corrected chi connectivity index (χ2v) is 7.10. The van der Waals surface area contributed by atoms with Gasteiger partial charge in [0.15, 0.2) is 0 Å². The Balaban J connectivity index is 1.62. The van der Waals surface area contributed by atoms with Gasteiger partial charge in [0.25, 0.3) is 0 Å². The van der Waals surface area contributed by atoms with E-state index in [4.69, 9.17) is 39.5 Å². The molecule has 0 unspecified atom stereocenters. The van der Waals surface area contributed by atoms with Crippen molar-refractivity contribution in [2.24, 2.45) is 0 Å². The average molecular weight is 415 g/mol. The Kier molecular flexibility index (Phi) is 6.01. The van der Waals surface area contributed by atoms with Crippen LogP contribution in [0, 0.1) is 0 Å². The lowest BCUT2D eigenvalue weighted by atomic mass is 10.2. The number of halogens is 3. The quantitative estimate of drug-likeness (QED) is 0.768. The van der Waals surface area contributed by atoms with E-state index >= 15 is 0 Å². The van der Waals surface area contributed by atoms with Gasteiger partial charge in [-0.25, -0.2) is 4.79 Å². The molecule has 8 heteroatoms. The molecule has 0 saturated carbocycles. The smallest absolute Gasteiger partial charge is 0.322 e. The maximum atomic E-state index is 12.5. The van der Waals surface area contributed by atoms with Gasteiger partial charge in [0.05, 0.1) is 22.8 Å². The summed E-state index contributed by atoms with van der Waals surface area (Å²) in [5, 5.41) is 4.45. The van der Waals surface area contributed by atoms with Crippen LogP contribution in [0.5, 0.6) is 5.75 Å². The number of nitrogens with one attached hydrogen (secondary N) is 1. The maximum absolute atomic E-state index is 12.5. The molecule has 1 saturated heterocycles. The second-order valence-electron chi connectivity index (χ2n) is 5.85. The topological polar surface area (TPSA) is 44.8 Å². The van der Waals surface area contributed by atoms with E-state index in [9.17, 15) is 4.79 Å². The SMILES string of the molecule is COc1ccc(Cl)cc1NC(=O)N1CCN(c2ccc(Cl)c(Cl)c2)CC1. The number of carbonyl (C=O) groups is 1. The van der Waals surface area contributed by atoms with E-state index in [-0.39, 0.29) is 6.03 Å². The van der Waals surface area contributed by atoms with Crippen molar-refractivity contribution in [3.05, 3.63) is 51.5 Å². The van der Waals surface area contributed by atoms with Crippen molar-refractivity contribution >= 4 is 52.2 Å². The fraction of sp³-hybridized carbons (Fsp3) is 0.278. The predicted octanol–water partition coefficient (Wildman–Crippen LogP) is 5.01. The van der Waals surface area contributed by atoms with Crippen LogP contribution in [-0.2, 0) is 0 Å². The van der Waals surface area contributed by atoms with Crippen LogP contribution in [0.15, 0.2) is 36.4 Å². The van der Waals surface area contributed by atoms with Gasteiger partial charge in [0, 0.05) is 36.9 Å². The molecular formula is C18H18Cl3N3O2. The van der Waals surface area contributed by atoms with Crippen LogP contribution < -0.4 is 15.0 Å². The summed E-state index contributed by atoms with van der Waals surface area (Å²) < 4.78 is 5.26. The molecule has 1 aliphatic rings. The van der Waals surface area contributed by atoms with Gasteiger partial charge in [-0.2, -0.15) is 0 Å². The summed E-state index contributed by atoms with van der Waals surface area (Å²) in [6, 6.07) is 10.5. The number of rotatable bonds is 3. The molecule has 1 N–H and O–H groups in total. The number of ether oxygens (including phenoxy) is 1. The minimum atomic E-state index is -0.181. The van der Waals surface area contributed by atoms with Crippen LogP contribution in [0.2, 0.25) is 15.1 Å². The summed E-state index contributed by atoms with van der Waals surface area (Å²) >= 11 is 18.1. The van der Waals surface area contributed by atoms with Gasteiger partial charge < -0.3 is 19.9 Å². The lowest BCUT2D eigenvalue weighted by Crippen LogP contribution is -2.50. The molecule has 0 spiro atoms. The number of urea groups is 1. The largest absolute Gasteiger partial charge is 0.495 e. The third-order valence-corrected chi connectivity index (χ3v) is 5.21. The number of anilines is 2. The number of nitrogens with zero attached hydrogens (tertiary/aromatic N) is 2. The Morgan fingerprint density at radius 2 is 1.73 bits per heavy atom. The molecule has 0 atom stereocenters. The van der Waals surface area contributed by atoms with Gasteiger partial charge in [-0.1, -0.05) is 34.8 Å². The van der Waals surface area contributed by atoms with E-state index in [1.54, 1.807) is 36.3 Å². The highest BCUT2D eigenvalue weighted by Gasteiger charge is 2.22. The molecule has 1 aliphatic heterocycles. The van der Waals surface area contributed by atoms with Gasteiger partial charge >= 0.3 is 6.03 Å². The Morgan fingerprint density at radius 3 is 2.38 bits per heavy atom. The second kappa shape index (κ2) is 8.25. The van der Waals surface area contributed by atoms with Gasteiger partial charge in [-0.15, -0.1) is 0 Å². The third-order valence-electron chi connectivity index (χ3n) is 4.24. The van der Waals surface area contributed by atoms with Crippen molar-refractivity contribution in [2.45, 2.75) is 0 Å². The first kappa shape index (κ1) is 19.0. The Morgan fingerprint density at radius 1 is 1.00 bits per heavy atom. The molecule has 2 aromatic rings. The van der Waals surface area contributed by atoms with Crippen molar-refractivity contribution in [3.63, 3.8) is 0 Å². The summed E-state index contributed by atoms with van der Waals surface area (Å²) in [5.41, 5.74) is 1.55. The average Bonchev–Trinajstić information content (AvgIpc) is 2.64. The van der Waals surface area contributed by atoms with Crippen molar-refractivity contribution in [1.82, 2.24) is 4.90 Å². The summed E-state index contributed by atoms with van der Waals surface area (Å²) in [6.07, 6.45) is 0. The highest BCUT2D eigenvalue weighted by molar-refractivity contribution is 6.42. The first-order valence-corrected chi connectivity index (χ1v) is 9.21. The van der Waals surface area contributed by atoms with Gasteiger partial charge in [-0.3, -0.25) is 0 Å². The third kappa shape index (κ3) is 4.29. The number of hydrogen-bond acceptors (Lipinski definition) is 3. The van der Waals surface area contributed by atoms with Crippen molar-refractivity contribution in [1.29, 1.82) is 0 Å². The van der Waals surface area contributed by atoms with Crippen molar-refractivity contribution in [3.8, 4) is 5.75 Å². The van der Waals surface area contributed by atoms with Crippen LogP contribution in [0.25, 0.3) is 0 Å². The molecule has 2 aromatic carbocycles. The molecule has 0 aliphatic carbocycles.